The van der Waals surface area contributed by atoms with E-state index >= 15 is 0 Å². The van der Waals surface area contributed by atoms with E-state index in [9.17, 15) is 0 Å². The van der Waals surface area contributed by atoms with E-state index in [1.165, 1.54) is 116 Å². The fourth-order valence-electron chi connectivity index (χ4n) is 9.16. The van der Waals surface area contributed by atoms with E-state index in [1.807, 2.05) is 0 Å². The lowest BCUT2D eigenvalue weighted by Crippen LogP contribution is -2.18. The summed E-state index contributed by atoms with van der Waals surface area (Å²) in [6.07, 6.45) is 0. The third kappa shape index (κ3) is 5.97. The molecule has 9 aromatic rings. The lowest BCUT2D eigenvalue weighted by Gasteiger charge is -2.34. The van der Waals surface area contributed by atoms with Gasteiger partial charge in [0, 0.05) is 0 Å². The Morgan fingerprint density at radius 1 is 0.273 bits per heavy atom. The van der Waals surface area contributed by atoms with Crippen LogP contribution in [0.5, 0.6) is 0 Å². The van der Waals surface area contributed by atoms with Crippen LogP contribution < -0.4 is 4.90 Å². The number of nitrogens with zero attached hydrogens (tertiary/aromatic N) is 1. The summed E-state index contributed by atoms with van der Waals surface area (Å²) < 4.78 is 0. The smallest absolute Gasteiger partial charge is 0.0520 e. The van der Waals surface area contributed by atoms with E-state index < -0.39 is 0 Å². The molecule has 1 heteroatoms. The summed E-state index contributed by atoms with van der Waals surface area (Å²) in [6, 6.07) is 60.4. The average molecular weight is 708 g/mol. The minimum atomic E-state index is 1.23. The Kier molecular flexibility index (Phi) is 8.59. The van der Waals surface area contributed by atoms with Crippen molar-refractivity contribution in [2.24, 2.45) is 0 Å². The molecule has 0 heterocycles. The van der Waals surface area contributed by atoms with Crippen LogP contribution in [0.1, 0.15) is 33.4 Å². The van der Waals surface area contributed by atoms with Crippen LogP contribution in [-0.4, -0.2) is 0 Å². The highest BCUT2D eigenvalue weighted by molar-refractivity contribution is 6.01. The molecule has 1 nitrogen and oxygen atoms in total. The minimum Gasteiger partial charge on any atom is -0.309 e. The largest absolute Gasteiger partial charge is 0.309 e. The highest BCUT2D eigenvalue weighted by Crippen LogP contribution is 2.48. The molecule has 0 saturated carbocycles. The van der Waals surface area contributed by atoms with Gasteiger partial charge in [0.05, 0.1) is 17.1 Å². The first-order valence-electron chi connectivity index (χ1n) is 19.3. The zero-order chi connectivity index (χ0) is 37.8. The van der Waals surface area contributed by atoms with Gasteiger partial charge in [-0.3, -0.25) is 0 Å². The van der Waals surface area contributed by atoms with Crippen LogP contribution in [0.2, 0.25) is 0 Å². The first kappa shape index (κ1) is 34.3. The molecule has 0 fully saturated rings. The van der Waals surface area contributed by atoms with Gasteiger partial charge in [0.1, 0.15) is 0 Å². The molecule has 266 valence electrons. The third-order valence-electron chi connectivity index (χ3n) is 11.4. The van der Waals surface area contributed by atoms with Gasteiger partial charge in [-0.15, -0.1) is 0 Å². The quantitative estimate of drug-likeness (QED) is 0.166. The lowest BCUT2D eigenvalue weighted by atomic mass is 9.90. The summed E-state index contributed by atoms with van der Waals surface area (Å²) in [7, 11) is 0. The Labute approximate surface area is 325 Å². The molecular weight excluding hydrogens is 663 g/mol. The molecule has 0 bridgehead atoms. The van der Waals surface area contributed by atoms with Crippen LogP contribution >= 0.6 is 0 Å². The number of hydrogen-bond donors (Lipinski definition) is 0. The van der Waals surface area contributed by atoms with Crippen molar-refractivity contribution >= 4 is 49.4 Å². The molecule has 9 aromatic carbocycles. The second-order valence-electron chi connectivity index (χ2n) is 15.3. The zero-order valence-corrected chi connectivity index (χ0v) is 32.5. The Hall–Kier alpha value is -6.44. The van der Waals surface area contributed by atoms with Gasteiger partial charge in [0.2, 0.25) is 0 Å². The monoisotopic (exact) mass is 707 g/mol. The Balaban J connectivity index is 1.26. The molecule has 0 amide bonds. The predicted octanol–water partition coefficient (Wildman–Crippen LogP) is 15.5. The maximum atomic E-state index is 2.58. The molecule has 0 N–H and O–H groups in total. The molecule has 0 saturated heterocycles. The summed E-state index contributed by atoms with van der Waals surface area (Å²) in [5, 5.41) is 7.61. The summed E-state index contributed by atoms with van der Waals surface area (Å²) in [5.74, 6) is 0. The molecule has 0 radical (unpaired) electrons. The number of anilines is 3. The van der Waals surface area contributed by atoms with Crippen LogP contribution in [0.15, 0.2) is 164 Å². The normalized spacial score (nSPS) is 11.5. The van der Waals surface area contributed by atoms with Gasteiger partial charge >= 0.3 is 0 Å². The SMILES string of the molecule is Cc1cc(-c2cccc3ccccc23)cc(C)c1N(c1c(C)cc(-c2cccc3ccccc23)cc1C)c1c(C)cc(-c2cccc3ccccc23)cc1C. The van der Waals surface area contributed by atoms with Crippen molar-refractivity contribution in [3.05, 3.63) is 197 Å². The van der Waals surface area contributed by atoms with Crippen LogP contribution in [0.4, 0.5) is 17.1 Å². The van der Waals surface area contributed by atoms with E-state index in [1.54, 1.807) is 0 Å². The zero-order valence-electron chi connectivity index (χ0n) is 32.5. The third-order valence-corrected chi connectivity index (χ3v) is 11.4. The number of rotatable bonds is 6. The van der Waals surface area contributed by atoms with Crippen molar-refractivity contribution in [3.8, 4) is 33.4 Å². The van der Waals surface area contributed by atoms with Crippen molar-refractivity contribution < 1.29 is 0 Å². The van der Waals surface area contributed by atoms with E-state index in [4.69, 9.17) is 0 Å². The van der Waals surface area contributed by atoms with Crippen LogP contribution in [0.25, 0.3) is 65.7 Å². The molecule has 0 aromatic heterocycles. The molecule has 0 aliphatic rings. The van der Waals surface area contributed by atoms with Crippen molar-refractivity contribution in [2.45, 2.75) is 41.5 Å². The predicted molar refractivity (Wildman–Crippen MR) is 238 cm³/mol. The summed E-state index contributed by atoms with van der Waals surface area (Å²) in [5.41, 5.74) is 18.7. The Morgan fingerprint density at radius 3 is 0.782 bits per heavy atom. The summed E-state index contributed by atoms with van der Waals surface area (Å²) in [6.45, 7) is 13.7. The standard InChI is InChI=1S/C54H45N/c1-34-28-43(49-25-13-19-40-16-7-10-22-46(40)49)29-35(2)52(34)55(53-36(3)30-44(31-37(53)4)50-26-14-20-41-17-8-11-23-47(41)50)54-38(5)32-45(33-39(54)6)51-27-15-21-42-18-9-12-24-48(42)51/h7-33H,1-6H3. The van der Waals surface area contributed by atoms with Gasteiger partial charge in [0.25, 0.3) is 0 Å². The van der Waals surface area contributed by atoms with Gasteiger partial charge < -0.3 is 4.90 Å². The van der Waals surface area contributed by atoms with Crippen molar-refractivity contribution in [1.29, 1.82) is 0 Å². The first-order valence-corrected chi connectivity index (χ1v) is 19.3. The number of aryl methyl sites for hydroxylation is 6. The molecule has 0 atom stereocenters. The number of fused-ring (bicyclic) bond motifs is 3. The van der Waals surface area contributed by atoms with Crippen molar-refractivity contribution in [3.63, 3.8) is 0 Å². The highest BCUT2D eigenvalue weighted by Gasteiger charge is 2.26. The fraction of sp³-hybridized carbons (Fsp3) is 0.111. The maximum Gasteiger partial charge on any atom is 0.0520 e. The second kappa shape index (κ2) is 13.8. The summed E-state index contributed by atoms with van der Waals surface area (Å²) >= 11 is 0. The highest BCUT2D eigenvalue weighted by atomic mass is 15.2. The molecule has 0 spiro atoms. The van der Waals surface area contributed by atoms with Crippen molar-refractivity contribution in [2.75, 3.05) is 4.90 Å². The molecule has 0 aliphatic carbocycles. The van der Waals surface area contributed by atoms with E-state index in [-0.39, 0.29) is 0 Å². The van der Waals surface area contributed by atoms with Gasteiger partial charge in [-0.2, -0.15) is 0 Å². The molecule has 0 unspecified atom stereocenters. The minimum absolute atomic E-state index is 1.23. The number of hydrogen-bond acceptors (Lipinski definition) is 1. The molecule has 0 aliphatic heterocycles. The topological polar surface area (TPSA) is 3.24 Å². The van der Waals surface area contributed by atoms with Crippen molar-refractivity contribution in [1.82, 2.24) is 0 Å². The van der Waals surface area contributed by atoms with E-state index in [2.05, 4.69) is 210 Å². The second-order valence-corrected chi connectivity index (χ2v) is 15.3. The lowest BCUT2D eigenvalue weighted by molar-refractivity contribution is 1.15. The van der Waals surface area contributed by atoms with Crippen LogP contribution in [0, 0.1) is 41.5 Å². The van der Waals surface area contributed by atoms with Gasteiger partial charge in [-0.25, -0.2) is 0 Å². The maximum absolute atomic E-state index is 2.58. The average Bonchev–Trinajstić information content (AvgIpc) is 3.19. The summed E-state index contributed by atoms with van der Waals surface area (Å²) in [4.78, 5) is 2.58. The fourth-order valence-corrected chi connectivity index (χ4v) is 9.16. The molecule has 9 rings (SSSR count). The Bertz CT molecular complexity index is 2540. The molecule has 55 heavy (non-hydrogen) atoms. The molecular formula is C54H45N. The van der Waals surface area contributed by atoms with Crippen LogP contribution in [-0.2, 0) is 0 Å². The Morgan fingerprint density at radius 2 is 0.509 bits per heavy atom. The first-order chi connectivity index (χ1) is 26.8. The number of benzene rings is 9. The van der Waals surface area contributed by atoms with Gasteiger partial charge in [-0.05, 0) is 177 Å². The van der Waals surface area contributed by atoms with Gasteiger partial charge in [0.15, 0.2) is 0 Å². The van der Waals surface area contributed by atoms with E-state index in [0.717, 1.165) is 0 Å². The van der Waals surface area contributed by atoms with Crippen LogP contribution in [0.3, 0.4) is 0 Å². The van der Waals surface area contributed by atoms with Gasteiger partial charge in [-0.1, -0.05) is 127 Å². The van der Waals surface area contributed by atoms with E-state index in [0.29, 0.717) is 0 Å².